The molecule has 0 radical (unpaired) electrons. The molecule has 0 bridgehead atoms. The van der Waals surface area contributed by atoms with Gasteiger partial charge in [-0.1, -0.05) is 57.7 Å². The predicted molar refractivity (Wildman–Crippen MR) is 99.6 cm³/mol. The largest absolute Gasteiger partial charge is 0.413 e. The Morgan fingerprint density at radius 1 is 1.26 bits per heavy atom. The maximum Gasteiger partial charge on any atom is 0.192 e. The summed E-state index contributed by atoms with van der Waals surface area (Å²) in [6.45, 7) is 17.8. The van der Waals surface area contributed by atoms with Crippen LogP contribution < -0.4 is 0 Å². The summed E-state index contributed by atoms with van der Waals surface area (Å²) in [7, 11) is -1.76. The van der Waals surface area contributed by atoms with Gasteiger partial charge >= 0.3 is 0 Å². The first-order chi connectivity index (χ1) is 10.7. The Morgan fingerprint density at radius 3 is 2.39 bits per heavy atom. The first-order valence-corrected chi connectivity index (χ1v) is 11.0. The van der Waals surface area contributed by atoms with Crippen molar-refractivity contribution in [2.75, 3.05) is 19.7 Å². The van der Waals surface area contributed by atoms with Gasteiger partial charge in [-0.3, -0.25) is 4.90 Å². The smallest absolute Gasteiger partial charge is 0.192 e. The number of nitriles is 1. The zero-order chi connectivity index (χ0) is 17.5. The van der Waals surface area contributed by atoms with Crippen molar-refractivity contribution in [2.24, 2.45) is 0 Å². The molecule has 0 heterocycles. The highest BCUT2D eigenvalue weighted by molar-refractivity contribution is 6.74. The third-order valence-corrected chi connectivity index (χ3v) is 8.91. The molecule has 23 heavy (non-hydrogen) atoms. The van der Waals surface area contributed by atoms with Crippen LogP contribution in [0.25, 0.3) is 0 Å². The molecule has 0 N–H and O–H groups in total. The van der Waals surface area contributed by atoms with Crippen molar-refractivity contribution in [2.45, 2.75) is 45.4 Å². The molecule has 1 rings (SSSR count). The third-order valence-electron chi connectivity index (χ3n) is 4.43. The Bertz CT molecular complexity index is 541. The van der Waals surface area contributed by atoms with Crippen molar-refractivity contribution in [1.82, 2.24) is 4.90 Å². The van der Waals surface area contributed by atoms with E-state index in [1.807, 2.05) is 18.2 Å². The molecule has 4 heteroatoms. The molecule has 0 saturated heterocycles. The molecule has 0 fully saturated rings. The minimum atomic E-state index is -1.76. The topological polar surface area (TPSA) is 36.3 Å². The Labute approximate surface area is 142 Å². The molecule has 0 aliphatic rings. The van der Waals surface area contributed by atoms with Crippen LogP contribution in [0.4, 0.5) is 0 Å². The minimum Gasteiger partial charge on any atom is -0.413 e. The lowest BCUT2D eigenvalue weighted by molar-refractivity contribution is 0.279. The molecular weight excluding hydrogens is 300 g/mol. The van der Waals surface area contributed by atoms with Gasteiger partial charge in [-0.15, -0.1) is 0 Å². The number of hydrogen-bond donors (Lipinski definition) is 0. The third kappa shape index (κ3) is 6.70. The highest BCUT2D eigenvalue weighted by Gasteiger charge is 2.37. The lowest BCUT2D eigenvalue weighted by atomic mass is 10.2. The van der Waals surface area contributed by atoms with E-state index in [1.165, 1.54) is 5.56 Å². The average Bonchev–Trinajstić information content (AvgIpc) is 2.45. The molecule has 0 unspecified atom stereocenters. The number of nitrogens with zero attached hydrogens (tertiary/aromatic N) is 2. The van der Waals surface area contributed by atoms with Gasteiger partial charge in [0.2, 0.25) is 0 Å². The van der Waals surface area contributed by atoms with E-state index in [1.54, 1.807) is 0 Å². The van der Waals surface area contributed by atoms with E-state index < -0.39 is 8.32 Å². The molecule has 0 aromatic heterocycles. The molecule has 126 valence electrons. The van der Waals surface area contributed by atoms with Crippen molar-refractivity contribution in [3.63, 3.8) is 0 Å². The Kier molecular flexibility index (Phi) is 7.21. The van der Waals surface area contributed by atoms with Gasteiger partial charge < -0.3 is 4.43 Å². The molecule has 3 nitrogen and oxygen atoms in total. The van der Waals surface area contributed by atoms with Crippen LogP contribution in [0.2, 0.25) is 18.1 Å². The Hall–Kier alpha value is -1.41. The fraction of sp³-hybridized carbons (Fsp3) is 0.526. The van der Waals surface area contributed by atoms with Crippen LogP contribution in [-0.2, 0) is 11.0 Å². The molecule has 0 aliphatic carbocycles. The molecule has 0 saturated carbocycles. The number of benzene rings is 1. The lowest BCUT2D eigenvalue weighted by Crippen LogP contribution is -2.41. The van der Waals surface area contributed by atoms with E-state index >= 15 is 0 Å². The van der Waals surface area contributed by atoms with Crippen LogP contribution in [0, 0.1) is 11.3 Å². The van der Waals surface area contributed by atoms with Gasteiger partial charge in [0.15, 0.2) is 8.32 Å². The summed E-state index contributed by atoms with van der Waals surface area (Å²) in [6.07, 6.45) is 0. The molecule has 1 aromatic carbocycles. The van der Waals surface area contributed by atoms with Gasteiger partial charge in [-0.05, 0) is 29.3 Å². The fourth-order valence-corrected chi connectivity index (χ4v) is 2.97. The standard InChI is InChI=1S/C19H30N2OSi/c1-17(16-22-23(5,6)19(2,3)4)14-21(13-12-20)15-18-10-8-7-9-11-18/h7-11H,1,13-16H2,2-6H3. The van der Waals surface area contributed by atoms with Crippen LogP contribution in [0.15, 0.2) is 42.5 Å². The van der Waals surface area contributed by atoms with Gasteiger partial charge in [0.25, 0.3) is 0 Å². The number of hydrogen-bond acceptors (Lipinski definition) is 3. The van der Waals surface area contributed by atoms with Crippen molar-refractivity contribution in [1.29, 1.82) is 5.26 Å². The summed E-state index contributed by atoms with van der Waals surface area (Å²) in [4.78, 5) is 2.10. The van der Waals surface area contributed by atoms with E-state index in [-0.39, 0.29) is 5.04 Å². The second kappa shape index (κ2) is 8.44. The zero-order valence-corrected chi connectivity index (χ0v) is 16.2. The summed E-state index contributed by atoms with van der Waals surface area (Å²) < 4.78 is 6.21. The van der Waals surface area contributed by atoms with Crippen molar-refractivity contribution in [3.8, 4) is 6.07 Å². The molecule has 0 spiro atoms. The van der Waals surface area contributed by atoms with Crippen LogP contribution in [0.5, 0.6) is 0 Å². The maximum atomic E-state index is 9.05. The monoisotopic (exact) mass is 330 g/mol. The Balaban J connectivity index is 2.57. The molecule has 1 aromatic rings. The SMILES string of the molecule is C=C(CO[Si](C)(C)C(C)(C)C)CN(CC#N)Cc1ccccc1. The minimum absolute atomic E-state index is 0.198. The van der Waals surface area contributed by atoms with Crippen LogP contribution in [0.1, 0.15) is 26.3 Å². The summed E-state index contributed by atoms with van der Waals surface area (Å²) in [5.41, 5.74) is 2.24. The van der Waals surface area contributed by atoms with E-state index in [9.17, 15) is 0 Å². The fourth-order valence-electron chi connectivity index (χ4n) is 1.97. The number of rotatable bonds is 8. The molecule has 0 amide bonds. The highest BCUT2D eigenvalue weighted by Crippen LogP contribution is 2.36. The van der Waals surface area contributed by atoms with Crippen LogP contribution in [-0.4, -0.2) is 32.9 Å². The second-order valence-corrected chi connectivity index (χ2v) is 12.4. The average molecular weight is 331 g/mol. The normalized spacial score (nSPS) is 12.2. The first kappa shape index (κ1) is 19.6. The van der Waals surface area contributed by atoms with Crippen molar-refractivity contribution < 1.29 is 4.43 Å². The van der Waals surface area contributed by atoms with Gasteiger partial charge in [-0.25, -0.2) is 0 Å². The zero-order valence-electron chi connectivity index (χ0n) is 15.2. The van der Waals surface area contributed by atoms with E-state index in [2.05, 4.69) is 63.5 Å². The van der Waals surface area contributed by atoms with Gasteiger partial charge in [0.1, 0.15) is 0 Å². The quantitative estimate of drug-likeness (QED) is 0.397. The summed E-state index contributed by atoms with van der Waals surface area (Å²) in [6, 6.07) is 12.5. The summed E-state index contributed by atoms with van der Waals surface area (Å²) in [5, 5.41) is 9.25. The maximum absolute atomic E-state index is 9.05. The van der Waals surface area contributed by atoms with Crippen molar-refractivity contribution >= 4 is 8.32 Å². The van der Waals surface area contributed by atoms with E-state index in [0.717, 1.165) is 12.1 Å². The molecule has 0 aliphatic heterocycles. The van der Waals surface area contributed by atoms with E-state index in [0.29, 0.717) is 19.7 Å². The highest BCUT2D eigenvalue weighted by atomic mass is 28.4. The van der Waals surface area contributed by atoms with Gasteiger partial charge in [-0.2, -0.15) is 5.26 Å². The Morgan fingerprint density at radius 2 is 1.87 bits per heavy atom. The second-order valence-electron chi connectivity index (χ2n) is 7.59. The van der Waals surface area contributed by atoms with Gasteiger partial charge in [0.05, 0.1) is 19.2 Å². The van der Waals surface area contributed by atoms with Crippen molar-refractivity contribution in [3.05, 3.63) is 48.0 Å². The molecule has 0 atom stereocenters. The predicted octanol–water partition coefficient (Wildman–Crippen LogP) is 4.59. The van der Waals surface area contributed by atoms with Crippen LogP contribution >= 0.6 is 0 Å². The molecular formula is C19H30N2OSi. The summed E-state index contributed by atoms with van der Waals surface area (Å²) >= 11 is 0. The summed E-state index contributed by atoms with van der Waals surface area (Å²) in [5.74, 6) is 0. The van der Waals surface area contributed by atoms with E-state index in [4.69, 9.17) is 9.69 Å². The van der Waals surface area contributed by atoms with Gasteiger partial charge in [0, 0.05) is 13.1 Å². The first-order valence-electron chi connectivity index (χ1n) is 8.09. The lowest BCUT2D eigenvalue weighted by Gasteiger charge is -2.36. The van der Waals surface area contributed by atoms with Crippen LogP contribution in [0.3, 0.4) is 0 Å².